The molecule has 0 N–H and O–H groups in total. The largest absolute Gasteiger partial charge is 0.308 e. The van der Waals surface area contributed by atoms with Crippen molar-refractivity contribution >= 4 is 11.8 Å². The average Bonchev–Trinajstić information content (AvgIpc) is 2.18. The first-order valence-electron chi connectivity index (χ1n) is 5.92. The van der Waals surface area contributed by atoms with Crippen LogP contribution in [0.1, 0.15) is 38.5 Å². The molecule has 15 heavy (non-hydrogen) atoms. The van der Waals surface area contributed by atoms with Crippen molar-refractivity contribution in [1.29, 1.82) is 5.26 Å². The molecule has 1 aliphatic carbocycles. The molecule has 1 fully saturated rings. The minimum atomic E-state index is 0.507. The SMILES string of the molecule is CN(C)C[C@H](CC1CCCCC1)SC#N. The number of nitrogens with zero attached hydrogens (tertiary/aromatic N) is 2. The summed E-state index contributed by atoms with van der Waals surface area (Å²) in [6.07, 6.45) is 8.22. The van der Waals surface area contributed by atoms with Gasteiger partial charge in [-0.05, 0) is 38.2 Å². The summed E-state index contributed by atoms with van der Waals surface area (Å²) in [7, 11) is 4.18. The maximum atomic E-state index is 8.77. The summed E-state index contributed by atoms with van der Waals surface area (Å²) in [4.78, 5) is 2.19. The Morgan fingerprint density at radius 1 is 1.33 bits per heavy atom. The normalized spacial score (nSPS) is 20.1. The zero-order valence-corrected chi connectivity index (χ0v) is 10.7. The summed E-state index contributed by atoms with van der Waals surface area (Å²) in [5.41, 5.74) is 0. The van der Waals surface area contributed by atoms with Gasteiger partial charge in [0.2, 0.25) is 0 Å². The Hall–Kier alpha value is -0.200. The van der Waals surface area contributed by atoms with Gasteiger partial charge in [0.05, 0.1) is 0 Å². The van der Waals surface area contributed by atoms with Gasteiger partial charge in [-0.2, -0.15) is 5.26 Å². The van der Waals surface area contributed by atoms with E-state index in [9.17, 15) is 0 Å². The molecule has 0 unspecified atom stereocenters. The quantitative estimate of drug-likeness (QED) is 0.674. The van der Waals surface area contributed by atoms with Crippen LogP contribution in [-0.4, -0.2) is 30.8 Å². The third-order valence-corrected chi connectivity index (χ3v) is 3.89. The van der Waals surface area contributed by atoms with Crippen molar-refractivity contribution in [2.75, 3.05) is 20.6 Å². The third kappa shape index (κ3) is 5.44. The van der Waals surface area contributed by atoms with Gasteiger partial charge in [-0.1, -0.05) is 32.1 Å². The van der Waals surface area contributed by atoms with Crippen LogP contribution in [-0.2, 0) is 0 Å². The zero-order valence-electron chi connectivity index (χ0n) is 9.91. The van der Waals surface area contributed by atoms with Crippen LogP contribution in [0.3, 0.4) is 0 Å². The molecule has 0 heterocycles. The van der Waals surface area contributed by atoms with Gasteiger partial charge in [0, 0.05) is 11.8 Å². The highest BCUT2D eigenvalue weighted by atomic mass is 32.2. The van der Waals surface area contributed by atoms with Crippen molar-refractivity contribution in [3.8, 4) is 5.40 Å². The number of nitriles is 1. The van der Waals surface area contributed by atoms with Crippen LogP contribution in [0.5, 0.6) is 0 Å². The number of thioether (sulfide) groups is 1. The molecule has 0 spiro atoms. The molecule has 0 aromatic carbocycles. The molecule has 3 heteroatoms. The van der Waals surface area contributed by atoms with E-state index in [4.69, 9.17) is 5.26 Å². The first-order valence-corrected chi connectivity index (χ1v) is 6.79. The van der Waals surface area contributed by atoms with Gasteiger partial charge in [0.15, 0.2) is 0 Å². The molecule has 1 atom stereocenters. The minimum Gasteiger partial charge on any atom is -0.308 e. The molecular formula is C12H22N2S. The van der Waals surface area contributed by atoms with Crippen molar-refractivity contribution in [2.24, 2.45) is 5.92 Å². The maximum absolute atomic E-state index is 8.77. The molecule has 0 radical (unpaired) electrons. The predicted octanol–water partition coefficient (Wildman–Crippen LogP) is 3.10. The van der Waals surface area contributed by atoms with Gasteiger partial charge in [-0.25, -0.2) is 0 Å². The first-order chi connectivity index (χ1) is 7.22. The van der Waals surface area contributed by atoms with Crippen LogP contribution in [0.15, 0.2) is 0 Å². The standard InChI is InChI=1S/C12H22N2S/c1-14(2)9-12(15-10-13)8-11-6-4-3-5-7-11/h11-12H,3-9H2,1-2H3/t12-/m0/s1. The van der Waals surface area contributed by atoms with Crippen molar-refractivity contribution in [3.05, 3.63) is 0 Å². The van der Waals surface area contributed by atoms with Crippen LogP contribution >= 0.6 is 11.8 Å². The second-order valence-electron chi connectivity index (χ2n) is 4.83. The average molecular weight is 226 g/mol. The van der Waals surface area contributed by atoms with Gasteiger partial charge in [-0.3, -0.25) is 0 Å². The second kappa shape index (κ2) is 7.14. The molecule has 1 saturated carbocycles. The van der Waals surface area contributed by atoms with Gasteiger partial charge in [0.1, 0.15) is 5.40 Å². The van der Waals surface area contributed by atoms with Gasteiger partial charge in [-0.15, -0.1) is 0 Å². The molecule has 1 rings (SSSR count). The van der Waals surface area contributed by atoms with Crippen molar-refractivity contribution in [2.45, 2.75) is 43.8 Å². The summed E-state index contributed by atoms with van der Waals surface area (Å²) in [5, 5.41) is 11.5. The first kappa shape index (κ1) is 12.9. The fourth-order valence-corrected chi connectivity index (χ4v) is 3.33. The Morgan fingerprint density at radius 2 is 2.00 bits per heavy atom. The highest BCUT2D eigenvalue weighted by molar-refractivity contribution is 8.04. The van der Waals surface area contributed by atoms with Crippen LogP contribution in [0.2, 0.25) is 0 Å². The Morgan fingerprint density at radius 3 is 2.53 bits per heavy atom. The van der Waals surface area contributed by atoms with Gasteiger partial charge < -0.3 is 4.90 Å². The van der Waals surface area contributed by atoms with E-state index in [1.54, 1.807) is 0 Å². The lowest BCUT2D eigenvalue weighted by Crippen LogP contribution is -2.26. The van der Waals surface area contributed by atoms with Crippen LogP contribution in [0, 0.1) is 16.6 Å². The summed E-state index contributed by atoms with van der Waals surface area (Å²) >= 11 is 1.46. The summed E-state index contributed by atoms with van der Waals surface area (Å²) in [6, 6.07) is 0. The lowest BCUT2D eigenvalue weighted by atomic mass is 9.86. The molecular weight excluding hydrogens is 204 g/mol. The van der Waals surface area contributed by atoms with Crippen molar-refractivity contribution < 1.29 is 0 Å². The monoisotopic (exact) mass is 226 g/mol. The molecule has 0 saturated heterocycles. The molecule has 2 nitrogen and oxygen atoms in total. The highest BCUT2D eigenvalue weighted by Crippen LogP contribution is 2.30. The van der Waals surface area contributed by atoms with E-state index >= 15 is 0 Å². The Kier molecular flexibility index (Phi) is 6.12. The molecule has 0 aromatic heterocycles. The number of hydrogen-bond acceptors (Lipinski definition) is 3. The predicted molar refractivity (Wildman–Crippen MR) is 66.7 cm³/mol. The van der Waals surface area contributed by atoms with Gasteiger partial charge in [0.25, 0.3) is 0 Å². The van der Waals surface area contributed by atoms with Gasteiger partial charge >= 0.3 is 0 Å². The number of thiocyanates is 1. The topological polar surface area (TPSA) is 27.0 Å². The molecule has 0 amide bonds. The van der Waals surface area contributed by atoms with E-state index in [0.29, 0.717) is 5.25 Å². The smallest absolute Gasteiger partial charge is 0.133 e. The van der Waals surface area contributed by atoms with E-state index in [1.165, 1.54) is 50.3 Å². The molecule has 0 bridgehead atoms. The second-order valence-corrected chi connectivity index (χ2v) is 5.92. The molecule has 0 aliphatic heterocycles. The van der Waals surface area contributed by atoms with E-state index < -0.39 is 0 Å². The summed E-state index contributed by atoms with van der Waals surface area (Å²) < 4.78 is 0. The van der Waals surface area contributed by atoms with Crippen LogP contribution in [0.4, 0.5) is 0 Å². The molecule has 86 valence electrons. The summed E-state index contributed by atoms with van der Waals surface area (Å²) in [5.74, 6) is 0.879. The van der Waals surface area contributed by atoms with Crippen LogP contribution < -0.4 is 0 Å². The third-order valence-electron chi connectivity index (χ3n) is 3.11. The number of hydrogen-bond donors (Lipinski definition) is 0. The van der Waals surface area contributed by atoms with E-state index in [-0.39, 0.29) is 0 Å². The molecule has 0 aromatic rings. The lowest BCUT2D eigenvalue weighted by molar-refractivity contribution is 0.313. The fraction of sp³-hybridized carbons (Fsp3) is 0.917. The van der Waals surface area contributed by atoms with Crippen molar-refractivity contribution in [3.63, 3.8) is 0 Å². The fourth-order valence-electron chi connectivity index (χ4n) is 2.44. The Balaban J connectivity index is 2.32. The summed E-state index contributed by atoms with van der Waals surface area (Å²) in [6.45, 7) is 1.04. The number of rotatable bonds is 5. The Labute approximate surface area is 98.0 Å². The lowest BCUT2D eigenvalue weighted by Gasteiger charge is -2.26. The van der Waals surface area contributed by atoms with Crippen LogP contribution in [0.25, 0.3) is 0 Å². The van der Waals surface area contributed by atoms with E-state index in [1.807, 2.05) is 0 Å². The minimum absolute atomic E-state index is 0.507. The zero-order chi connectivity index (χ0) is 11.1. The van der Waals surface area contributed by atoms with E-state index in [2.05, 4.69) is 24.4 Å². The highest BCUT2D eigenvalue weighted by Gasteiger charge is 2.19. The van der Waals surface area contributed by atoms with E-state index in [0.717, 1.165) is 12.5 Å². The Bertz CT molecular complexity index is 204. The van der Waals surface area contributed by atoms with Crippen molar-refractivity contribution in [1.82, 2.24) is 4.90 Å². The maximum Gasteiger partial charge on any atom is 0.133 e. The molecule has 1 aliphatic rings.